The molecule has 0 atom stereocenters. The van der Waals surface area contributed by atoms with Gasteiger partial charge in [0, 0.05) is 5.57 Å². The number of nitriles is 2. The van der Waals surface area contributed by atoms with Gasteiger partial charge in [0.2, 0.25) is 0 Å². The van der Waals surface area contributed by atoms with Gasteiger partial charge in [-0.2, -0.15) is 10.5 Å². The van der Waals surface area contributed by atoms with Gasteiger partial charge < -0.3 is 0 Å². The highest BCUT2D eigenvalue weighted by Gasteiger charge is 1.84. The molecule has 0 N–H and O–H groups in total. The lowest BCUT2D eigenvalue weighted by Gasteiger charge is -1.81. The summed E-state index contributed by atoms with van der Waals surface area (Å²) in [6, 6.07) is 3.89. The molecule has 0 aromatic rings. The van der Waals surface area contributed by atoms with E-state index in [-0.39, 0.29) is 0 Å². The van der Waals surface area contributed by atoms with E-state index >= 15 is 0 Å². The minimum absolute atomic E-state index is 0.299. The molecular formula is C8H8N2. The van der Waals surface area contributed by atoms with Gasteiger partial charge in [-0.25, -0.2) is 0 Å². The van der Waals surface area contributed by atoms with Crippen molar-refractivity contribution in [1.29, 1.82) is 10.5 Å². The van der Waals surface area contributed by atoms with Crippen LogP contribution in [0.25, 0.3) is 0 Å². The highest BCUT2D eigenvalue weighted by atomic mass is 14.2. The van der Waals surface area contributed by atoms with Crippen molar-refractivity contribution in [3.05, 3.63) is 23.8 Å². The highest BCUT2D eigenvalue weighted by molar-refractivity contribution is 5.32. The van der Waals surface area contributed by atoms with Crippen molar-refractivity contribution < 1.29 is 0 Å². The fourth-order valence-corrected chi connectivity index (χ4v) is 0.486. The van der Waals surface area contributed by atoms with E-state index in [9.17, 15) is 0 Å². The fourth-order valence-electron chi connectivity index (χ4n) is 0.486. The Morgan fingerprint density at radius 3 is 2.60 bits per heavy atom. The third kappa shape index (κ3) is 3.46. The summed E-state index contributed by atoms with van der Waals surface area (Å²) in [5.74, 6) is 0. The second-order valence-electron chi connectivity index (χ2n) is 1.63. The molecular weight excluding hydrogens is 124 g/mol. The molecule has 0 heterocycles. The van der Waals surface area contributed by atoms with E-state index in [1.807, 2.05) is 19.1 Å². The van der Waals surface area contributed by atoms with Gasteiger partial charge in [0.1, 0.15) is 0 Å². The molecule has 0 aliphatic heterocycles. The molecule has 0 fully saturated rings. The molecule has 0 unspecified atom stereocenters. The molecule has 2 heteroatoms. The number of nitrogens with zero attached hydrogens (tertiary/aromatic N) is 2. The minimum atomic E-state index is 0.299. The van der Waals surface area contributed by atoms with Crippen molar-refractivity contribution >= 4 is 0 Å². The maximum atomic E-state index is 8.40. The monoisotopic (exact) mass is 132 g/mol. The molecule has 50 valence electrons. The molecule has 0 aromatic heterocycles. The Labute approximate surface area is 60.7 Å². The van der Waals surface area contributed by atoms with Gasteiger partial charge in [-0.3, -0.25) is 0 Å². The lowest BCUT2D eigenvalue weighted by molar-refractivity contribution is 1.33. The molecule has 0 saturated heterocycles. The Hall–Kier alpha value is -1.54. The van der Waals surface area contributed by atoms with Crippen LogP contribution in [0.1, 0.15) is 13.3 Å². The first-order valence-electron chi connectivity index (χ1n) is 2.95. The third-order valence-corrected chi connectivity index (χ3v) is 0.889. The number of rotatable bonds is 2. The highest BCUT2D eigenvalue weighted by Crippen LogP contribution is 1.95. The number of allylic oxidation sites excluding steroid dienone is 4. The lowest BCUT2D eigenvalue weighted by Crippen LogP contribution is -1.69. The summed E-state index contributed by atoms with van der Waals surface area (Å²) >= 11 is 0. The molecule has 0 saturated carbocycles. The normalized spacial score (nSPS) is 10.9. The van der Waals surface area contributed by atoms with Crippen molar-refractivity contribution in [2.75, 3.05) is 0 Å². The first-order chi connectivity index (χ1) is 4.85. The van der Waals surface area contributed by atoms with E-state index in [4.69, 9.17) is 10.5 Å². The molecule has 0 spiro atoms. The van der Waals surface area contributed by atoms with Crippen molar-refractivity contribution in [3.63, 3.8) is 0 Å². The van der Waals surface area contributed by atoms with Crippen molar-refractivity contribution in [2.45, 2.75) is 13.3 Å². The Morgan fingerprint density at radius 1 is 1.50 bits per heavy atom. The van der Waals surface area contributed by atoms with Crippen LogP contribution in [0.5, 0.6) is 0 Å². The van der Waals surface area contributed by atoms with E-state index in [1.54, 1.807) is 18.2 Å². The van der Waals surface area contributed by atoms with Crippen LogP contribution in [0.2, 0.25) is 0 Å². The predicted octanol–water partition coefficient (Wildman–Crippen LogP) is 1.93. The second kappa shape index (κ2) is 5.59. The maximum absolute atomic E-state index is 8.40. The molecule has 0 aromatic carbocycles. The van der Waals surface area contributed by atoms with Crippen LogP contribution in [0.15, 0.2) is 23.8 Å². The zero-order chi connectivity index (χ0) is 7.82. The van der Waals surface area contributed by atoms with Crippen LogP contribution in [0, 0.1) is 22.7 Å². The van der Waals surface area contributed by atoms with Crippen LogP contribution >= 0.6 is 0 Å². The molecule has 0 radical (unpaired) electrons. The van der Waals surface area contributed by atoms with Crippen molar-refractivity contribution in [3.8, 4) is 12.1 Å². The first kappa shape index (κ1) is 8.46. The molecule has 0 aliphatic rings. The van der Waals surface area contributed by atoms with Gasteiger partial charge >= 0.3 is 0 Å². The van der Waals surface area contributed by atoms with E-state index in [0.717, 1.165) is 0 Å². The Kier molecular flexibility index (Phi) is 4.73. The van der Waals surface area contributed by atoms with Crippen LogP contribution in [0.3, 0.4) is 0 Å². The molecule has 10 heavy (non-hydrogen) atoms. The van der Waals surface area contributed by atoms with Gasteiger partial charge in [-0.1, -0.05) is 12.2 Å². The largest absolute Gasteiger partial charge is 0.198 e. The van der Waals surface area contributed by atoms with E-state index in [0.29, 0.717) is 12.0 Å². The second-order valence-corrected chi connectivity index (χ2v) is 1.63. The predicted molar refractivity (Wildman–Crippen MR) is 38.7 cm³/mol. The zero-order valence-corrected chi connectivity index (χ0v) is 5.83. The number of hydrogen-bond acceptors (Lipinski definition) is 2. The zero-order valence-electron chi connectivity index (χ0n) is 5.83. The van der Waals surface area contributed by atoms with E-state index in [1.165, 1.54) is 0 Å². The summed E-state index contributed by atoms with van der Waals surface area (Å²) in [7, 11) is 0. The Bertz CT molecular complexity index is 223. The summed E-state index contributed by atoms with van der Waals surface area (Å²) in [4.78, 5) is 0. The SMILES string of the molecule is C/C=C\C(C#N)=C/CC#N. The van der Waals surface area contributed by atoms with Crippen LogP contribution in [-0.4, -0.2) is 0 Å². The molecule has 0 aliphatic carbocycles. The van der Waals surface area contributed by atoms with Gasteiger partial charge in [0.15, 0.2) is 0 Å². The molecule has 0 amide bonds. The first-order valence-corrected chi connectivity index (χ1v) is 2.95. The average Bonchev–Trinajstić information content (AvgIpc) is 1.98. The third-order valence-electron chi connectivity index (χ3n) is 0.889. The van der Waals surface area contributed by atoms with E-state index in [2.05, 4.69) is 0 Å². The number of hydrogen-bond donors (Lipinski definition) is 0. The Balaban J connectivity index is 4.11. The average molecular weight is 132 g/mol. The summed E-state index contributed by atoms with van der Waals surface area (Å²) in [6.07, 6.45) is 5.34. The molecule has 0 rings (SSSR count). The topological polar surface area (TPSA) is 47.6 Å². The minimum Gasteiger partial charge on any atom is -0.198 e. The van der Waals surface area contributed by atoms with Gasteiger partial charge in [0.25, 0.3) is 0 Å². The maximum Gasteiger partial charge on any atom is 0.0988 e. The van der Waals surface area contributed by atoms with Crippen molar-refractivity contribution in [2.24, 2.45) is 0 Å². The molecule has 2 nitrogen and oxygen atoms in total. The lowest BCUT2D eigenvalue weighted by atomic mass is 10.2. The van der Waals surface area contributed by atoms with E-state index < -0.39 is 0 Å². The van der Waals surface area contributed by atoms with Gasteiger partial charge in [-0.05, 0) is 13.0 Å². The van der Waals surface area contributed by atoms with Crippen LogP contribution in [0.4, 0.5) is 0 Å². The van der Waals surface area contributed by atoms with Crippen LogP contribution < -0.4 is 0 Å². The molecule has 0 bridgehead atoms. The van der Waals surface area contributed by atoms with Crippen LogP contribution in [-0.2, 0) is 0 Å². The van der Waals surface area contributed by atoms with Crippen molar-refractivity contribution in [1.82, 2.24) is 0 Å². The summed E-state index contributed by atoms with van der Waals surface area (Å²) in [5, 5.41) is 16.6. The smallest absolute Gasteiger partial charge is 0.0988 e. The van der Waals surface area contributed by atoms with Gasteiger partial charge in [-0.15, -0.1) is 0 Å². The summed E-state index contributed by atoms with van der Waals surface area (Å²) in [5.41, 5.74) is 0.545. The fraction of sp³-hybridized carbons (Fsp3) is 0.250. The Morgan fingerprint density at radius 2 is 2.20 bits per heavy atom. The quantitative estimate of drug-likeness (QED) is 0.425. The van der Waals surface area contributed by atoms with Gasteiger partial charge in [0.05, 0.1) is 18.6 Å². The standard InChI is InChI=1S/C8H8N2/c1-2-4-8(7-10)5-3-6-9/h2,4-5H,3H2,1H3/b4-2-,8-5+. The summed E-state index contributed by atoms with van der Waals surface area (Å²) in [6.45, 7) is 1.83. The summed E-state index contributed by atoms with van der Waals surface area (Å²) < 4.78 is 0.